The van der Waals surface area contributed by atoms with Gasteiger partial charge in [-0.05, 0) is 49.6 Å². The maximum atomic E-state index is 14.1. The van der Waals surface area contributed by atoms with Gasteiger partial charge in [0.1, 0.15) is 23.4 Å². The Morgan fingerprint density at radius 3 is 1.91 bits per heavy atom. The normalized spacial score (nSPS) is 16.7. The second-order valence-electron chi connectivity index (χ2n) is 15.0. The number of rotatable bonds is 31. The van der Waals surface area contributed by atoms with Crippen LogP contribution >= 0.6 is 0 Å². The molecule has 2 saturated heterocycles. The van der Waals surface area contributed by atoms with Gasteiger partial charge in [0.2, 0.25) is 11.8 Å². The van der Waals surface area contributed by atoms with Crippen molar-refractivity contribution in [2.24, 2.45) is 0 Å². The van der Waals surface area contributed by atoms with Crippen molar-refractivity contribution in [2.45, 2.75) is 37.8 Å². The largest absolute Gasteiger partial charge is 0.497 e. The first-order chi connectivity index (χ1) is 31.7. The summed E-state index contributed by atoms with van der Waals surface area (Å²) in [7, 11) is 1.47. The van der Waals surface area contributed by atoms with Gasteiger partial charge in [-0.1, -0.05) is 6.07 Å². The predicted octanol–water partition coefficient (Wildman–Crippen LogP) is 0.741. The van der Waals surface area contributed by atoms with Crippen LogP contribution in [0.3, 0.4) is 0 Å². The summed E-state index contributed by atoms with van der Waals surface area (Å²) in [4.78, 5) is 78.0. The van der Waals surface area contributed by atoms with E-state index in [1.54, 1.807) is 0 Å². The monoisotopic (exact) mass is 917 g/mol. The van der Waals surface area contributed by atoms with E-state index in [1.165, 1.54) is 43.5 Å². The Bertz CT molecular complexity index is 1880. The van der Waals surface area contributed by atoms with Gasteiger partial charge in [-0.25, -0.2) is 4.39 Å². The van der Waals surface area contributed by atoms with Crippen molar-refractivity contribution in [3.05, 3.63) is 58.9 Å². The van der Waals surface area contributed by atoms with Crippen LogP contribution in [0.15, 0.2) is 36.4 Å². The van der Waals surface area contributed by atoms with E-state index in [-0.39, 0.29) is 54.5 Å². The highest BCUT2D eigenvalue weighted by Crippen LogP contribution is 2.33. The van der Waals surface area contributed by atoms with E-state index in [9.17, 15) is 33.2 Å². The lowest BCUT2D eigenvalue weighted by Crippen LogP contribution is -2.54. The number of methoxy groups -OCH3 is 1. The maximum absolute atomic E-state index is 14.1. The van der Waals surface area contributed by atoms with Gasteiger partial charge in [-0.3, -0.25) is 39.0 Å². The first-order valence-electron chi connectivity index (χ1n) is 21.8. The van der Waals surface area contributed by atoms with E-state index in [0.29, 0.717) is 91.6 Å². The molecule has 0 aromatic heterocycles. The summed E-state index contributed by atoms with van der Waals surface area (Å²) in [6.45, 7) is 8.03. The fourth-order valence-electron chi connectivity index (χ4n) is 7.05. The molecular weight excluding hydrogens is 858 g/mol. The number of fused-ring (bicyclic) bond motifs is 1. The zero-order valence-electron chi connectivity index (χ0n) is 36.8. The van der Waals surface area contributed by atoms with Gasteiger partial charge >= 0.3 is 0 Å². The molecule has 3 heterocycles. The molecule has 0 aliphatic carbocycles. The molecule has 0 bridgehead atoms. The fourth-order valence-corrected chi connectivity index (χ4v) is 7.05. The Balaban J connectivity index is 0.738. The predicted molar refractivity (Wildman–Crippen MR) is 227 cm³/mol. The number of amides is 6. The average molecular weight is 918 g/mol. The van der Waals surface area contributed by atoms with Crippen molar-refractivity contribution in [3.63, 3.8) is 0 Å². The zero-order chi connectivity index (χ0) is 46.2. The summed E-state index contributed by atoms with van der Waals surface area (Å²) in [5.74, 6) is -3.56. The number of likely N-dealkylation sites (tertiary alicyclic amines) is 1. The molecule has 65 heavy (non-hydrogen) atoms. The van der Waals surface area contributed by atoms with Crippen LogP contribution in [0.1, 0.15) is 56.8 Å². The number of benzene rings is 2. The minimum atomic E-state index is -1.11. The number of halogens is 1. The van der Waals surface area contributed by atoms with E-state index in [4.69, 9.17) is 42.6 Å². The van der Waals surface area contributed by atoms with Crippen LogP contribution in [0.25, 0.3) is 0 Å². The quantitative estimate of drug-likeness (QED) is 0.0700. The molecule has 358 valence electrons. The smallest absolute Gasteiger partial charge is 0.266 e. The minimum absolute atomic E-state index is 0.00554. The van der Waals surface area contributed by atoms with Gasteiger partial charge in [0, 0.05) is 38.6 Å². The summed E-state index contributed by atoms with van der Waals surface area (Å²) in [6, 6.07) is 7.43. The molecule has 21 heteroatoms. The second-order valence-corrected chi connectivity index (χ2v) is 15.0. The van der Waals surface area contributed by atoms with Crippen LogP contribution in [0.2, 0.25) is 0 Å². The number of ether oxygens (including phenoxy) is 9. The molecule has 6 amide bonds. The molecule has 20 nitrogen and oxygen atoms in total. The molecular formula is C44H60FN5O15. The number of hydrogen-bond donors (Lipinski definition) is 3. The van der Waals surface area contributed by atoms with Crippen molar-refractivity contribution in [1.82, 2.24) is 25.8 Å². The first kappa shape index (κ1) is 50.9. The number of imide groups is 2. The Labute approximate surface area is 376 Å². The number of hydrogen-bond acceptors (Lipinski definition) is 16. The molecule has 2 aromatic carbocycles. The third kappa shape index (κ3) is 16.7. The summed E-state index contributed by atoms with van der Waals surface area (Å²) in [6.07, 6.45) is 1.60. The first-order valence-corrected chi connectivity index (χ1v) is 21.8. The zero-order valence-corrected chi connectivity index (χ0v) is 36.8. The summed E-state index contributed by atoms with van der Waals surface area (Å²) in [5.41, 5.74) is 0.00971. The molecule has 3 N–H and O–H groups in total. The van der Waals surface area contributed by atoms with Crippen LogP contribution in [-0.4, -0.2) is 190 Å². The number of nitrogens with one attached hydrogen (secondary N) is 3. The average Bonchev–Trinajstić information content (AvgIpc) is 3.56. The molecule has 0 radical (unpaired) electrons. The molecule has 5 rings (SSSR count). The Morgan fingerprint density at radius 1 is 0.738 bits per heavy atom. The molecule has 0 spiro atoms. The standard InChI is InChI=1S/C44H60FN5O15/c1-57-32-5-6-35(45)34(29-32)41(53)47-31-9-12-49(13-10-31)14-16-59-18-20-61-22-24-63-26-28-64-27-25-62-23-21-60-19-17-58-15-11-46-39(52)30-65-37-4-2-3-33-40(37)44(56)50(43(33)55)36-7-8-38(51)48-42(36)54/h2-6,29,31,36H,7-28,30H2,1H3,(H,46,52)(H,47,53)(H,48,51,54). The van der Waals surface area contributed by atoms with E-state index < -0.39 is 53.9 Å². The van der Waals surface area contributed by atoms with Crippen LogP contribution in [0.4, 0.5) is 4.39 Å². The van der Waals surface area contributed by atoms with Crippen molar-refractivity contribution >= 4 is 35.4 Å². The van der Waals surface area contributed by atoms with E-state index in [2.05, 4.69) is 20.9 Å². The van der Waals surface area contributed by atoms with Crippen molar-refractivity contribution < 1.29 is 75.8 Å². The molecule has 3 aliphatic heterocycles. The van der Waals surface area contributed by atoms with Crippen molar-refractivity contribution in [2.75, 3.05) is 132 Å². The summed E-state index contributed by atoms with van der Waals surface area (Å²) in [5, 5.41) is 7.73. The number of nitrogens with zero attached hydrogens (tertiary/aromatic N) is 2. The molecule has 3 aliphatic rings. The molecule has 2 aromatic rings. The van der Waals surface area contributed by atoms with E-state index in [0.717, 1.165) is 37.4 Å². The topological polar surface area (TPSA) is 228 Å². The van der Waals surface area contributed by atoms with Gasteiger partial charge in [0.15, 0.2) is 6.61 Å². The summed E-state index contributed by atoms with van der Waals surface area (Å²) >= 11 is 0. The van der Waals surface area contributed by atoms with Crippen LogP contribution in [-0.2, 0) is 47.5 Å². The second kappa shape index (κ2) is 28.0. The third-order valence-corrected chi connectivity index (χ3v) is 10.5. The van der Waals surface area contributed by atoms with Gasteiger partial charge in [-0.15, -0.1) is 0 Å². The maximum Gasteiger partial charge on any atom is 0.266 e. The third-order valence-electron chi connectivity index (χ3n) is 10.5. The highest BCUT2D eigenvalue weighted by Gasteiger charge is 2.46. The van der Waals surface area contributed by atoms with Crippen LogP contribution < -0.4 is 25.4 Å². The SMILES string of the molecule is COc1ccc(F)c(C(=O)NC2CCN(CCOCCOCCOCCOCCOCCOCCOCCNC(=O)COc3cccc4c3C(=O)N(C3CCC(=O)NC3=O)C4=O)CC2)c1. The lowest BCUT2D eigenvalue weighted by atomic mass is 10.0. The highest BCUT2D eigenvalue weighted by atomic mass is 19.1. The molecule has 2 fully saturated rings. The van der Waals surface area contributed by atoms with Gasteiger partial charge < -0.3 is 58.2 Å². The van der Waals surface area contributed by atoms with Gasteiger partial charge in [0.05, 0.1) is 116 Å². The highest BCUT2D eigenvalue weighted by molar-refractivity contribution is 6.24. The van der Waals surface area contributed by atoms with Crippen molar-refractivity contribution in [3.8, 4) is 11.5 Å². The lowest BCUT2D eigenvalue weighted by molar-refractivity contribution is -0.136. The van der Waals surface area contributed by atoms with Crippen molar-refractivity contribution in [1.29, 1.82) is 0 Å². The number of carbonyl (C=O) groups is 6. The fraction of sp³-hybridized carbons (Fsp3) is 0.591. The Morgan fingerprint density at radius 2 is 1.32 bits per heavy atom. The molecule has 1 unspecified atom stereocenters. The van der Waals surface area contributed by atoms with Gasteiger partial charge in [0.25, 0.3) is 23.6 Å². The van der Waals surface area contributed by atoms with Crippen LogP contribution in [0, 0.1) is 5.82 Å². The van der Waals surface area contributed by atoms with E-state index in [1.807, 2.05) is 0 Å². The van der Waals surface area contributed by atoms with Crippen LogP contribution in [0.5, 0.6) is 11.5 Å². The Hall–Kier alpha value is -5.13. The molecule has 0 saturated carbocycles. The lowest BCUT2D eigenvalue weighted by Gasteiger charge is -2.32. The summed E-state index contributed by atoms with van der Waals surface area (Å²) < 4.78 is 63.5. The van der Waals surface area contributed by atoms with Gasteiger partial charge in [-0.2, -0.15) is 0 Å². The number of carbonyl (C=O) groups excluding carboxylic acids is 6. The number of piperidine rings is 2. The molecule has 1 atom stereocenters. The Kier molecular flexibility index (Phi) is 21.9. The van der Waals surface area contributed by atoms with E-state index >= 15 is 0 Å². The minimum Gasteiger partial charge on any atom is -0.497 e.